The monoisotopic (exact) mass is 393 g/mol. The lowest BCUT2D eigenvalue weighted by atomic mass is 9.86. The summed E-state index contributed by atoms with van der Waals surface area (Å²) in [6.07, 6.45) is 9.04. The first-order valence-corrected chi connectivity index (χ1v) is 9.96. The topological polar surface area (TPSA) is 72.5 Å². The van der Waals surface area contributed by atoms with Crippen LogP contribution >= 0.6 is 23.4 Å². The van der Waals surface area contributed by atoms with Crippen molar-refractivity contribution >= 4 is 46.6 Å². The van der Waals surface area contributed by atoms with Crippen LogP contribution in [0.1, 0.15) is 50.5 Å². The summed E-state index contributed by atoms with van der Waals surface area (Å²) < 4.78 is 5.37. The Hall–Kier alpha value is -1.79. The minimum Gasteiger partial charge on any atom is -0.425 e. The molecule has 1 saturated heterocycles. The van der Waals surface area contributed by atoms with Gasteiger partial charge in [-0.25, -0.2) is 0 Å². The van der Waals surface area contributed by atoms with E-state index < -0.39 is 11.1 Å². The first kappa shape index (κ1) is 19.0. The summed E-state index contributed by atoms with van der Waals surface area (Å²) in [5.41, 5.74) is 0.657. The quantitative estimate of drug-likeness (QED) is 0.436. The molecule has 3 rings (SSSR count). The van der Waals surface area contributed by atoms with E-state index in [-0.39, 0.29) is 5.97 Å². The van der Waals surface area contributed by atoms with E-state index >= 15 is 0 Å². The Kier molecular flexibility index (Phi) is 6.38. The molecular formula is C19H20ClNO4S. The minimum atomic E-state index is -0.422. The fourth-order valence-corrected chi connectivity index (χ4v) is 4.14. The van der Waals surface area contributed by atoms with Crippen LogP contribution in [0.15, 0.2) is 23.1 Å². The lowest BCUT2D eigenvalue weighted by molar-refractivity contribution is -0.134. The van der Waals surface area contributed by atoms with Crippen LogP contribution in [0, 0.1) is 5.92 Å². The number of carbonyl (C=O) groups excluding carboxylic acids is 3. The van der Waals surface area contributed by atoms with E-state index in [4.69, 9.17) is 16.3 Å². The van der Waals surface area contributed by atoms with E-state index in [2.05, 4.69) is 5.32 Å². The van der Waals surface area contributed by atoms with E-state index in [0.29, 0.717) is 33.6 Å². The molecule has 0 unspecified atom stereocenters. The van der Waals surface area contributed by atoms with Gasteiger partial charge in [0.2, 0.25) is 0 Å². The van der Waals surface area contributed by atoms with Crippen LogP contribution in [0.4, 0.5) is 4.79 Å². The summed E-state index contributed by atoms with van der Waals surface area (Å²) in [7, 11) is 0. The Labute approximate surface area is 161 Å². The molecule has 2 aliphatic rings. The second kappa shape index (κ2) is 8.73. The highest BCUT2D eigenvalue weighted by atomic mass is 35.5. The predicted molar refractivity (Wildman–Crippen MR) is 102 cm³/mol. The molecule has 1 aliphatic carbocycles. The van der Waals surface area contributed by atoms with Gasteiger partial charge >= 0.3 is 5.97 Å². The number of hydrogen-bond donors (Lipinski definition) is 1. The van der Waals surface area contributed by atoms with Crippen molar-refractivity contribution in [2.45, 2.75) is 44.9 Å². The molecular weight excluding hydrogens is 374 g/mol. The normalized spacial score (nSPS) is 19.7. The van der Waals surface area contributed by atoms with Gasteiger partial charge in [-0.15, -0.1) is 0 Å². The summed E-state index contributed by atoms with van der Waals surface area (Å²) in [4.78, 5) is 35.1. The number of benzene rings is 1. The Morgan fingerprint density at radius 1 is 1.27 bits per heavy atom. The molecule has 26 heavy (non-hydrogen) atoms. The number of halogens is 1. The highest BCUT2D eigenvalue weighted by Gasteiger charge is 2.25. The maximum atomic E-state index is 12.1. The highest BCUT2D eigenvalue weighted by Crippen LogP contribution is 2.31. The molecule has 2 fully saturated rings. The molecule has 138 valence electrons. The van der Waals surface area contributed by atoms with Crippen LogP contribution in [-0.4, -0.2) is 17.1 Å². The smallest absolute Gasteiger partial charge is 0.311 e. The van der Waals surface area contributed by atoms with E-state index in [9.17, 15) is 14.4 Å². The number of rotatable bonds is 5. The van der Waals surface area contributed by atoms with Gasteiger partial charge in [-0.2, -0.15) is 0 Å². The van der Waals surface area contributed by atoms with Crippen molar-refractivity contribution in [2.75, 3.05) is 0 Å². The number of thioether (sulfide) groups is 1. The standard InChI is InChI=1S/C19H20ClNO4S/c20-14-10-13(11-16-18(23)21-19(24)26-16)6-8-15(14)25-17(22)9-7-12-4-2-1-3-5-12/h6,8,10-12H,1-5,7,9H2,(H,21,23,24). The third-order valence-corrected chi connectivity index (χ3v) is 5.71. The lowest BCUT2D eigenvalue weighted by Gasteiger charge is -2.20. The van der Waals surface area contributed by atoms with E-state index in [1.54, 1.807) is 24.3 Å². The van der Waals surface area contributed by atoms with Gasteiger partial charge in [-0.1, -0.05) is 49.8 Å². The number of carbonyl (C=O) groups is 3. The van der Waals surface area contributed by atoms with Crippen molar-refractivity contribution in [2.24, 2.45) is 5.92 Å². The fraction of sp³-hybridized carbons (Fsp3) is 0.421. The van der Waals surface area contributed by atoms with Crippen LogP contribution < -0.4 is 10.1 Å². The van der Waals surface area contributed by atoms with Gasteiger partial charge in [0.25, 0.3) is 11.1 Å². The molecule has 7 heteroatoms. The highest BCUT2D eigenvalue weighted by molar-refractivity contribution is 8.18. The fourth-order valence-electron chi connectivity index (χ4n) is 3.23. The molecule has 0 aromatic heterocycles. The van der Waals surface area contributed by atoms with Crippen LogP contribution in [0.5, 0.6) is 5.75 Å². The zero-order valence-electron chi connectivity index (χ0n) is 14.3. The van der Waals surface area contributed by atoms with Crippen molar-refractivity contribution < 1.29 is 19.1 Å². The Bertz CT molecular complexity index is 756. The van der Waals surface area contributed by atoms with Gasteiger partial charge in [-0.3, -0.25) is 19.7 Å². The summed E-state index contributed by atoms with van der Waals surface area (Å²) >= 11 is 7.03. The van der Waals surface area contributed by atoms with Crippen LogP contribution in [-0.2, 0) is 9.59 Å². The summed E-state index contributed by atoms with van der Waals surface area (Å²) in [6.45, 7) is 0. The Balaban J connectivity index is 1.57. The Morgan fingerprint density at radius 2 is 2.04 bits per heavy atom. The molecule has 0 atom stereocenters. The molecule has 1 N–H and O–H groups in total. The van der Waals surface area contributed by atoms with Crippen molar-refractivity contribution in [1.82, 2.24) is 5.32 Å². The zero-order valence-corrected chi connectivity index (χ0v) is 15.8. The molecule has 1 aromatic carbocycles. The maximum absolute atomic E-state index is 12.1. The molecule has 2 amide bonds. The summed E-state index contributed by atoms with van der Waals surface area (Å²) in [5.74, 6) is 0.231. The summed E-state index contributed by atoms with van der Waals surface area (Å²) in [5, 5.41) is 2.09. The van der Waals surface area contributed by atoms with Crippen LogP contribution in [0.3, 0.4) is 0 Å². The van der Waals surface area contributed by atoms with Crippen molar-refractivity contribution in [3.8, 4) is 5.75 Å². The van der Waals surface area contributed by atoms with Crippen molar-refractivity contribution in [3.05, 3.63) is 33.7 Å². The van der Waals surface area contributed by atoms with Crippen LogP contribution in [0.2, 0.25) is 5.02 Å². The number of esters is 1. The third kappa shape index (κ3) is 5.11. The van der Waals surface area contributed by atoms with Gasteiger partial charge < -0.3 is 4.74 Å². The largest absolute Gasteiger partial charge is 0.425 e. The number of ether oxygens (including phenoxy) is 1. The molecule has 1 aromatic rings. The molecule has 0 bridgehead atoms. The van der Waals surface area contributed by atoms with E-state index in [0.717, 1.165) is 18.2 Å². The zero-order chi connectivity index (χ0) is 18.5. The van der Waals surface area contributed by atoms with E-state index in [1.807, 2.05) is 0 Å². The lowest BCUT2D eigenvalue weighted by Crippen LogP contribution is -2.17. The number of hydrogen-bond acceptors (Lipinski definition) is 5. The molecule has 0 spiro atoms. The van der Waals surface area contributed by atoms with E-state index in [1.165, 1.54) is 32.1 Å². The maximum Gasteiger partial charge on any atom is 0.311 e. The average molecular weight is 394 g/mol. The molecule has 1 saturated carbocycles. The Morgan fingerprint density at radius 3 is 2.69 bits per heavy atom. The summed E-state index contributed by atoms with van der Waals surface area (Å²) in [6, 6.07) is 4.90. The van der Waals surface area contributed by atoms with Gasteiger partial charge in [0.05, 0.1) is 9.93 Å². The second-order valence-electron chi connectivity index (χ2n) is 6.56. The van der Waals surface area contributed by atoms with Crippen molar-refractivity contribution in [1.29, 1.82) is 0 Å². The predicted octanol–water partition coefficient (Wildman–Crippen LogP) is 4.93. The van der Waals surface area contributed by atoms with Crippen molar-refractivity contribution in [3.63, 3.8) is 0 Å². The second-order valence-corrected chi connectivity index (χ2v) is 7.98. The minimum absolute atomic E-state index is 0.278. The average Bonchev–Trinajstić information content (AvgIpc) is 2.93. The van der Waals surface area contributed by atoms with Gasteiger partial charge in [0.1, 0.15) is 5.75 Å². The molecule has 1 heterocycles. The number of imide groups is 1. The SMILES string of the molecule is O=C(CCC1CCCCC1)Oc1ccc(C=C2SC(=O)NC2=O)cc1Cl. The first-order valence-electron chi connectivity index (χ1n) is 8.76. The first-order chi connectivity index (χ1) is 12.5. The van der Waals surface area contributed by atoms with Gasteiger partial charge in [-0.05, 0) is 47.9 Å². The third-order valence-electron chi connectivity index (χ3n) is 4.60. The van der Waals surface area contributed by atoms with Gasteiger partial charge in [0.15, 0.2) is 0 Å². The van der Waals surface area contributed by atoms with Gasteiger partial charge in [0, 0.05) is 6.42 Å². The van der Waals surface area contributed by atoms with Crippen LogP contribution in [0.25, 0.3) is 6.08 Å². The molecule has 5 nitrogen and oxygen atoms in total. The number of nitrogens with one attached hydrogen (secondary N) is 1. The molecule has 1 aliphatic heterocycles. The number of amides is 2. The molecule has 0 radical (unpaired) electrons.